The zero-order valence-corrected chi connectivity index (χ0v) is 8.57. The smallest absolute Gasteiger partial charge is 0.0594 e. The summed E-state index contributed by atoms with van der Waals surface area (Å²) in [6, 6.07) is 1.14. The molecule has 0 aromatic heterocycles. The summed E-state index contributed by atoms with van der Waals surface area (Å²) in [7, 11) is 0. The Morgan fingerprint density at radius 3 is 2.08 bits per heavy atom. The molecule has 0 unspecified atom stereocenters. The molecule has 1 saturated carbocycles. The number of rotatable bonds is 1. The Hall–Kier alpha value is 0.460. The minimum absolute atomic E-state index is 0. The Bertz CT molecular complexity index is 131. The fourth-order valence-corrected chi connectivity index (χ4v) is 1.53. The van der Waals surface area contributed by atoms with E-state index in [1.54, 1.807) is 0 Å². The van der Waals surface area contributed by atoms with Crippen LogP contribution in [-0.2, 0) is 4.74 Å². The molecule has 2 rings (SSSR count). The van der Waals surface area contributed by atoms with E-state index in [2.05, 4.69) is 4.90 Å². The summed E-state index contributed by atoms with van der Waals surface area (Å²) in [5.41, 5.74) is 5.71. The summed E-state index contributed by atoms with van der Waals surface area (Å²) in [6.45, 7) is 3.95. The van der Waals surface area contributed by atoms with Gasteiger partial charge < -0.3 is 10.5 Å². The fourth-order valence-electron chi connectivity index (χ4n) is 1.53. The number of nitrogens with two attached hydrogens (primary N) is 1. The molecule has 0 spiro atoms. The second kappa shape index (κ2) is 5.25. The van der Waals surface area contributed by atoms with Crippen LogP contribution in [0.5, 0.6) is 0 Å². The van der Waals surface area contributed by atoms with E-state index in [0.717, 1.165) is 26.3 Å². The molecule has 0 amide bonds. The summed E-state index contributed by atoms with van der Waals surface area (Å²) in [5.74, 6) is 0. The predicted molar refractivity (Wildman–Crippen MR) is 53.3 cm³/mol. The van der Waals surface area contributed by atoms with Crippen molar-refractivity contribution < 1.29 is 4.74 Å². The van der Waals surface area contributed by atoms with Gasteiger partial charge in [-0.3, -0.25) is 4.90 Å². The van der Waals surface area contributed by atoms with Crippen molar-refractivity contribution in [2.24, 2.45) is 5.73 Å². The van der Waals surface area contributed by atoms with Crippen LogP contribution in [0.2, 0.25) is 0 Å². The summed E-state index contributed by atoms with van der Waals surface area (Å²) >= 11 is 0. The first kappa shape index (κ1) is 12.5. The standard InChI is InChI=1S/C7H14N2O.2ClH/c8-6-5-7(6)9-1-3-10-4-2-9;;/h6-7H,1-5,8H2;2*1H/t6-,7-;;/m1../s1. The van der Waals surface area contributed by atoms with Crippen molar-refractivity contribution in [2.75, 3.05) is 26.3 Å². The van der Waals surface area contributed by atoms with E-state index < -0.39 is 0 Å². The molecule has 0 aromatic rings. The Kier molecular flexibility index (Phi) is 5.45. The average molecular weight is 215 g/mol. The lowest BCUT2D eigenvalue weighted by molar-refractivity contribution is 0.0332. The van der Waals surface area contributed by atoms with Gasteiger partial charge in [-0.05, 0) is 6.42 Å². The normalized spacial score (nSPS) is 34.8. The molecule has 2 fully saturated rings. The van der Waals surface area contributed by atoms with Gasteiger partial charge in [-0.1, -0.05) is 0 Å². The van der Waals surface area contributed by atoms with Crippen molar-refractivity contribution in [1.29, 1.82) is 0 Å². The third kappa shape index (κ3) is 2.75. The zero-order valence-electron chi connectivity index (χ0n) is 6.94. The SMILES string of the molecule is Cl.Cl.N[C@@H]1C[C@H]1N1CCOCC1. The van der Waals surface area contributed by atoms with Crippen LogP contribution in [0.3, 0.4) is 0 Å². The lowest BCUT2D eigenvalue weighted by Gasteiger charge is -2.26. The highest BCUT2D eigenvalue weighted by Crippen LogP contribution is 2.25. The van der Waals surface area contributed by atoms with Crippen LogP contribution >= 0.6 is 24.8 Å². The third-order valence-electron chi connectivity index (χ3n) is 2.32. The van der Waals surface area contributed by atoms with E-state index in [-0.39, 0.29) is 24.8 Å². The predicted octanol–water partition coefficient (Wildman–Crippen LogP) is 0.262. The number of nitrogens with zero attached hydrogens (tertiary/aromatic N) is 1. The van der Waals surface area contributed by atoms with E-state index in [9.17, 15) is 0 Å². The Labute approximate surface area is 85.4 Å². The van der Waals surface area contributed by atoms with Crippen molar-refractivity contribution in [3.8, 4) is 0 Å². The summed E-state index contributed by atoms with van der Waals surface area (Å²) in [5, 5.41) is 0. The van der Waals surface area contributed by atoms with Crippen molar-refractivity contribution in [1.82, 2.24) is 4.90 Å². The molecular formula is C7H16Cl2N2O. The molecule has 0 bridgehead atoms. The largest absolute Gasteiger partial charge is 0.379 e. The number of hydrogen-bond donors (Lipinski definition) is 1. The maximum atomic E-state index is 5.71. The van der Waals surface area contributed by atoms with Gasteiger partial charge in [0.25, 0.3) is 0 Å². The van der Waals surface area contributed by atoms with Crippen LogP contribution in [0.4, 0.5) is 0 Å². The molecule has 2 N–H and O–H groups in total. The summed E-state index contributed by atoms with van der Waals surface area (Å²) in [4.78, 5) is 2.44. The molecule has 74 valence electrons. The molecular weight excluding hydrogens is 199 g/mol. The zero-order chi connectivity index (χ0) is 6.97. The highest BCUT2D eigenvalue weighted by molar-refractivity contribution is 5.85. The highest BCUT2D eigenvalue weighted by Gasteiger charge is 2.38. The van der Waals surface area contributed by atoms with Gasteiger partial charge in [0.2, 0.25) is 0 Å². The van der Waals surface area contributed by atoms with Crippen molar-refractivity contribution in [3.63, 3.8) is 0 Å². The Morgan fingerprint density at radius 2 is 1.67 bits per heavy atom. The lowest BCUT2D eigenvalue weighted by Crippen LogP contribution is -2.39. The third-order valence-corrected chi connectivity index (χ3v) is 2.32. The van der Waals surface area contributed by atoms with Gasteiger partial charge in [0.15, 0.2) is 0 Å². The van der Waals surface area contributed by atoms with E-state index in [1.165, 1.54) is 6.42 Å². The highest BCUT2D eigenvalue weighted by atomic mass is 35.5. The topological polar surface area (TPSA) is 38.5 Å². The van der Waals surface area contributed by atoms with E-state index >= 15 is 0 Å². The van der Waals surface area contributed by atoms with E-state index in [1.807, 2.05) is 0 Å². The maximum Gasteiger partial charge on any atom is 0.0594 e. The van der Waals surface area contributed by atoms with Crippen molar-refractivity contribution in [3.05, 3.63) is 0 Å². The average Bonchev–Trinajstić information content (AvgIpc) is 2.69. The first-order chi connectivity index (χ1) is 4.88. The number of morpholine rings is 1. The van der Waals surface area contributed by atoms with Crippen LogP contribution in [0.15, 0.2) is 0 Å². The van der Waals surface area contributed by atoms with Crippen molar-refractivity contribution >= 4 is 24.8 Å². The number of halogens is 2. The quantitative estimate of drug-likeness (QED) is 0.682. The molecule has 2 atom stereocenters. The lowest BCUT2D eigenvalue weighted by atomic mass is 10.4. The second-order valence-electron chi connectivity index (χ2n) is 3.12. The van der Waals surface area contributed by atoms with Gasteiger partial charge in [-0.2, -0.15) is 0 Å². The molecule has 1 saturated heterocycles. The van der Waals surface area contributed by atoms with Gasteiger partial charge in [-0.15, -0.1) is 24.8 Å². The molecule has 0 radical (unpaired) electrons. The Morgan fingerprint density at radius 1 is 1.17 bits per heavy atom. The van der Waals surface area contributed by atoms with Crippen LogP contribution < -0.4 is 5.73 Å². The van der Waals surface area contributed by atoms with E-state index in [0.29, 0.717) is 12.1 Å². The van der Waals surface area contributed by atoms with Gasteiger partial charge in [-0.25, -0.2) is 0 Å². The molecule has 1 aliphatic heterocycles. The molecule has 12 heavy (non-hydrogen) atoms. The molecule has 2 aliphatic rings. The first-order valence-corrected chi connectivity index (χ1v) is 3.95. The maximum absolute atomic E-state index is 5.71. The van der Waals surface area contributed by atoms with Gasteiger partial charge in [0.1, 0.15) is 0 Å². The summed E-state index contributed by atoms with van der Waals surface area (Å²) in [6.07, 6.45) is 1.19. The molecule has 5 heteroatoms. The van der Waals surface area contributed by atoms with Crippen molar-refractivity contribution in [2.45, 2.75) is 18.5 Å². The van der Waals surface area contributed by atoms with Crippen LogP contribution in [-0.4, -0.2) is 43.3 Å². The summed E-state index contributed by atoms with van der Waals surface area (Å²) < 4.78 is 5.23. The molecule has 1 heterocycles. The number of hydrogen-bond acceptors (Lipinski definition) is 3. The fraction of sp³-hybridized carbons (Fsp3) is 1.00. The molecule has 0 aromatic carbocycles. The minimum Gasteiger partial charge on any atom is -0.379 e. The Balaban J connectivity index is 0.000000605. The van der Waals surface area contributed by atoms with Gasteiger partial charge in [0, 0.05) is 25.2 Å². The van der Waals surface area contributed by atoms with Gasteiger partial charge in [0.05, 0.1) is 13.2 Å². The second-order valence-corrected chi connectivity index (χ2v) is 3.12. The van der Waals surface area contributed by atoms with Crippen LogP contribution in [0.25, 0.3) is 0 Å². The van der Waals surface area contributed by atoms with Crippen LogP contribution in [0, 0.1) is 0 Å². The molecule has 1 aliphatic carbocycles. The number of ether oxygens (including phenoxy) is 1. The monoisotopic (exact) mass is 214 g/mol. The van der Waals surface area contributed by atoms with E-state index in [4.69, 9.17) is 10.5 Å². The van der Waals surface area contributed by atoms with Crippen LogP contribution in [0.1, 0.15) is 6.42 Å². The van der Waals surface area contributed by atoms with Gasteiger partial charge >= 0.3 is 0 Å². The minimum atomic E-state index is 0. The molecule has 3 nitrogen and oxygen atoms in total. The first-order valence-electron chi connectivity index (χ1n) is 3.95.